The van der Waals surface area contributed by atoms with E-state index >= 15 is 0 Å². The summed E-state index contributed by atoms with van der Waals surface area (Å²) < 4.78 is 0. The van der Waals surface area contributed by atoms with Gasteiger partial charge in [0.2, 0.25) is 0 Å². The SMILES string of the molecule is CC1CC2C=CC=CC2(C)C(C)(C)C1O. The molecule has 2 aliphatic rings. The Hall–Kier alpha value is -0.560. The van der Waals surface area contributed by atoms with Crippen molar-refractivity contribution >= 4 is 0 Å². The van der Waals surface area contributed by atoms with Crippen molar-refractivity contribution in [2.45, 2.75) is 40.2 Å². The fourth-order valence-electron chi connectivity index (χ4n) is 3.35. The molecule has 4 atom stereocenters. The quantitative estimate of drug-likeness (QED) is 0.645. The van der Waals surface area contributed by atoms with Crippen LogP contribution >= 0.6 is 0 Å². The van der Waals surface area contributed by atoms with E-state index in [2.05, 4.69) is 52.0 Å². The first-order valence-corrected chi connectivity index (χ1v) is 5.93. The van der Waals surface area contributed by atoms with Crippen molar-refractivity contribution in [2.75, 3.05) is 0 Å². The fourth-order valence-corrected chi connectivity index (χ4v) is 3.35. The third kappa shape index (κ3) is 1.32. The molecule has 1 fully saturated rings. The summed E-state index contributed by atoms with van der Waals surface area (Å²) >= 11 is 0. The molecule has 0 heterocycles. The lowest BCUT2D eigenvalue weighted by molar-refractivity contribution is -0.110. The van der Waals surface area contributed by atoms with Gasteiger partial charge in [-0.2, -0.15) is 0 Å². The zero-order chi connectivity index (χ0) is 11.3. The topological polar surface area (TPSA) is 20.2 Å². The summed E-state index contributed by atoms with van der Waals surface area (Å²) in [5, 5.41) is 10.4. The van der Waals surface area contributed by atoms with Crippen molar-refractivity contribution in [3.8, 4) is 0 Å². The standard InChI is InChI=1S/C14H22O/c1-10-9-11-7-5-6-8-14(11,4)13(2,3)12(10)15/h5-8,10-12,15H,9H2,1-4H3. The number of fused-ring (bicyclic) bond motifs is 1. The van der Waals surface area contributed by atoms with Crippen LogP contribution in [0, 0.1) is 22.7 Å². The Labute approximate surface area is 92.9 Å². The van der Waals surface area contributed by atoms with Crippen LogP contribution in [0.1, 0.15) is 34.1 Å². The fraction of sp³-hybridized carbons (Fsp3) is 0.714. The molecule has 2 rings (SSSR count). The van der Waals surface area contributed by atoms with E-state index in [1.54, 1.807) is 0 Å². The van der Waals surface area contributed by atoms with E-state index in [-0.39, 0.29) is 16.9 Å². The molecule has 0 spiro atoms. The first-order valence-electron chi connectivity index (χ1n) is 5.93. The molecular formula is C14H22O. The lowest BCUT2D eigenvalue weighted by Crippen LogP contribution is -2.54. The van der Waals surface area contributed by atoms with Gasteiger partial charge in [0.25, 0.3) is 0 Å². The molecule has 0 saturated heterocycles. The highest BCUT2D eigenvalue weighted by Crippen LogP contribution is 2.57. The van der Waals surface area contributed by atoms with E-state index in [0.717, 1.165) is 6.42 Å². The molecule has 0 aromatic rings. The van der Waals surface area contributed by atoms with Gasteiger partial charge in [0.05, 0.1) is 6.10 Å². The van der Waals surface area contributed by atoms with E-state index in [1.165, 1.54) is 0 Å². The largest absolute Gasteiger partial charge is 0.392 e. The minimum atomic E-state index is -0.199. The number of allylic oxidation sites excluding steroid dienone is 4. The summed E-state index contributed by atoms with van der Waals surface area (Å²) in [6.45, 7) is 8.85. The molecule has 84 valence electrons. The second kappa shape index (κ2) is 3.21. The summed E-state index contributed by atoms with van der Waals surface area (Å²) in [4.78, 5) is 0. The van der Waals surface area contributed by atoms with Gasteiger partial charge in [0.1, 0.15) is 0 Å². The van der Waals surface area contributed by atoms with Gasteiger partial charge in [-0.15, -0.1) is 0 Å². The molecule has 15 heavy (non-hydrogen) atoms. The average molecular weight is 206 g/mol. The molecule has 0 bridgehead atoms. The molecule has 0 aromatic carbocycles. The third-order valence-electron chi connectivity index (χ3n) is 4.96. The summed E-state index contributed by atoms with van der Waals surface area (Å²) in [6, 6.07) is 0. The van der Waals surface area contributed by atoms with E-state index in [1.807, 2.05) is 0 Å². The van der Waals surface area contributed by atoms with Gasteiger partial charge >= 0.3 is 0 Å². The summed E-state index contributed by atoms with van der Waals surface area (Å²) in [5.41, 5.74) is 0.0598. The number of aliphatic hydroxyl groups excluding tert-OH is 1. The Kier molecular flexibility index (Phi) is 2.34. The molecular weight excluding hydrogens is 184 g/mol. The number of hydrogen-bond donors (Lipinski definition) is 1. The lowest BCUT2D eigenvalue weighted by Gasteiger charge is -2.56. The highest BCUT2D eigenvalue weighted by Gasteiger charge is 2.54. The summed E-state index contributed by atoms with van der Waals surface area (Å²) in [6.07, 6.45) is 9.77. The van der Waals surface area contributed by atoms with Crippen LogP contribution in [-0.4, -0.2) is 11.2 Å². The van der Waals surface area contributed by atoms with Crippen LogP contribution in [0.4, 0.5) is 0 Å². The zero-order valence-corrected chi connectivity index (χ0v) is 10.2. The van der Waals surface area contributed by atoms with Gasteiger partial charge in [0, 0.05) is 5.41 Å². The molecule has 4 unspecified atom stereocenters. The van der Waals surface area contributed by atoms with Crippen molar-refractivity contribution in [3.05, 3.63) is 24.3 Å². The van der Waals surface area contributed by atoms with Crippen molar-refractivity contribution in [3.63, 3.8) is 0 Å². The molecule has 0 aromatic heterocycles. The smallest absolute Gasteiger partial charge is 0.0625 e. The maximum Gasteiger partial charge on any atom is 0.0625 e. The molecule has 0 radical (unpaired) electrons. The molecule has 0 amide bonds. The zero-order valence-electron chi connectivity index (χ0n) is 10.2. The second-order valence-corrected chi connectivity index (χ2v) is 6.01. The van der Waals surface area contributed by atoms with Crippen molar-refractivity contribution in [1.82, 2.24) is 0 Å². The molecule has 0 aliphatic heterocycles. The maximum absolute atomic E-state index is 10.4. The summed E-state index contributed by atoms with van der Waals surface area (Å²) in [5.74, 6) is 0.977. The van der Waals surface area contributed by atoms with Crippen LogP contribution in [0.3, 0.4) is 0 Å². The third-order valence-corrected chi connectivity index (χ3v) is 4.96. The van der Waals surface area contributed by atoms with Crippen LogP contribution < -0.4 is 0 Å². The van der Waals surface area contributed by atoms with Gasteiger partial charge in [-0.1, -0.05) is 52.0 Å². The average Bonchev–Trinajstić information content (AvgIpc) is 2.18. The van der Waals surface area contributed by atoms with Crippen LogP contribution in [0.25, 0.3) is 0 Å². The predicted octanol–water partition coefficient (Wildman–Crippen LogP) is 3.16. The Balaban J connectivity index is 2.43. The normalized spacial score (nSPS) is 47.7. The lowest BCUT2D eigenvalue weighted by atomic mass is 9.49. The van der Waals surface area contributed by atoms with Gasteiger partial charge in [-0.25, -0.2) is 0 Å². The Morgan fingerprint density at radius 1 is 1.20 bits per heavy atom. The van der Waals surface area contributed by atoms with Crippen molar-refractivity contribution < 1.29 is 5.11 Å². The number of aliphatic hydroxyl groups is 1. The van der Waals surface area contributed by atoms with Gasteiger partial charge in [0.15, 0.2) is 0 Å². The first kappa shape index (κ1) is 10.9. The van der Waals surface area contributed by atoms with Gasteiger partial charge in [-0.05, 0) is 23.7 Å². The Morgan fingerprint density at radius 3 is 2.53 bits per heavy atom. The highest BCUT2D eigenvalue weighted by molar-refractivity contribution is 5.25. The maximum atomic E-state index is 10.4. The minimum Gasteiger partial charge on any atom is -0.392 e. The van der Waals surface area contributed by atoms with Crippen molar-refractivity contribution in [1.29, 1.82) is 0 Å². The van der Waals surface area contributed by atoms with Crippen LogP contribution in [-0.2, 0) is 0 Å². The van der Waals surface area contributed by atoms with Crippen molar-refractivity contribution in [2.24, 2.45) is 22.7 Å². The summed E-state index contributed by atoms with van der Waals surface area (Å²) in [7, 11) is 0. The van der Waals surface area contributed by atoms with Crippen LogP contribution in [0.2, 0.25) is 0 Å². The Bertz CT molecular complexity index is 313. The highest BCUT2D eigenvalue weighted by atomic mass is 16.3. The van der Waals surface area contributed by atoms with E-state index in [4.69, 9.17) is 0 Å². The molecule has 1 saturated carbocycles. The molecule has 1 N–H and O–H groups in total. The van der Waals surface area contributed by atoms with Crippen LogP contribution in [0.5, 0.6) is 0 Å². The minimum absolute atomic E-state index is 0.0450. The van der Waals surface area contributed by atoms with Crippen LogP contribution in [0.15, 0.2) is 24.3 Å². The van der Waals surface area contributed by atoms with Gasteiger partial charge < -0.3 is 5.11 Å². The van der Waals surface area contributed by atoms with E-state index < -0.39 is 0 Å². The van der Waals surface area contributed by atoms with E-state index in [9.17, 15) is 5.11 Å². The molecule has 2 aliphatic carbocycles. The molecule has 1 heteroatoms. The number of hydrogen-bond acceptors (Lipinski definition) is 1. The first-order chi connectivity index (χ1) is 6.89. The predicted molar refractivity (Wildman–Crippen MR) is 63.4 cm³/mol. The van der Waals surface area contributed by atoms with Gasteiger partial charge in [-0.3, -0.25) is 0 Å². The van der Waals surface area contributed by atoms with E-state index in [0.29, 0.717) is 11.8 Å². The Morgan fingerprint density at radius 2 is 1.87 bits per heavy atom. The number of rotatable bonds is 0. The molecule has 1 nitrogen and oxygen atoms in total. The monoisotopic (exact) mass is 206 g/mol. The second-order valence-electron chi connectivity index (χ2n) is 6.01.